The fraction of sp³-hybridized carbons (Fsp3) is 0.750. The molecule has 4 aliphatic carbocycles. The van der Waals surface area contributed by atoms with Crippen LogP contribution in [0, 0.1) is 46.8 Å². The van der Waals surface area contributed by atoms with E-state index in [-0.39, 0.29) is 35.5 Å². The van der Waals surface area contributed by atoms with E-state index in [1.54, 1.807) is 13.8 Å². The van der Waals surface area contributed by atoms with Gasteiger partial charge in [0.15, 0.2) is 6.61 Å². The third-order valence-corrected chi connectivity index (χ3v) is 11.4. The van der Waals surface area contributed by atoms with Crippen LogP contribution in [0.2, 0.25) is 0 Å². The van der Waals surface area contributed by atoms with Gasteiger partial charge in [0, 0.05) is 17.2 Å². The first-order chi connectivity index (χ1) is 19.8. The molecule has 0 aromatic rings. The lowest BCUT2D eigenvalue weighted by molar-refractivity contribution is -0.138. The number of hydrogen-bond acceptors (Lipinski definition) is 7. The van der Waals surface area contributed by atoms with Crippen molar-refractivity contribution in [1.29, 1.82) is 0 Å². The predicted molar refractivity (Wildman–Crippen MR) is 164 cm³/mol. The number of nitrogens with one attached hydrogen (secondary N) is 2. The SMILES string of the molecule is C#C[C@@]1(O)CC[C@@H]2[C@@H]3CCC4=C/C(=N/OCC(=O)N[C@@H](C(=O)N[C@H](CS)CC(=O)O)C(C)C)CC[C@]4(C)[C@@H]3CC[C@@]21C. The molecule has 0 bridgehead atoms. The molecule has 8 atom stereocenters. The third kappa shape index (κ3) is 6.10. The van der Waals surface area contributed by atoms with Crippen LogP contribution in [0.3, 0.4) is 0 Å². The molecular weight excluding hydrogens is 554 g/mol. The van der Waals surface area contributed by atoms with Gasteiger partial charge in [-0.2, -0.15) is 12.6 Å². The summed E-state index contributed by atoms with van der Waals surface area (Å²) in [5, 5.41) is 29.9. The van der Waals surface area contributed by atoms with Crippen molar-refractivity contribution in [3.63, 3.8) is 0 Å². The van der Waals surface area contributed by atoms with Gasteiger partial charge in [0.2, 0.25) is 5.91 Å². The zero-order valence-corrected chi connectivity index (χ0v) is 26.2. The zero-order valence-electron chi connectivity index (χ0n) is 25.3. The highest BCUT2D eigenvalue weighted by atomic mass is 32.1. The number of terminal acetylenes is 1. The van der Waals surface area contributed by atoms with Gasteiger partial charge in [-0.15, -0.1) is 6.42 Å². The van der Waals surface area contributed by atoms with Gasteiger partial charge < -0.3 is 25.7 Å². The minimum Gasteiger partial charge on any atom is -0.481 e. The Kier molecular flexibility index (Phi) is 9.73. The van der Waals surface area contributed by atoms with Gasteiger partial charge in [0.05, 0.1) is 12.1 Å². The fourth-order valence-electron chi connectivity index (χ4n) is 8.48. The molecule has 4 aliphatic rings. The zero-order chi connectivity index (χ0) is 30.9. The first-order valence-electron chi connectivity index (χ1n) is 15.3. The first kappa shape index (κ1) is 32.4. The average Bonchev–Trinajstić information content (AvgIpc) is 3.21. The van der Waals surface area contributed by atoms with Gasteiger partial charge in [-0.05, 0) is 86.5 Å². The van der Waals surface area contributed by atoms with Crippen LogP contribution < -0.4 is 10.6 Å². The maximum absolute atomic E-state index is 12.7. The number of oxime groups is 1. The smallest absolute Gasteiger partial charge is 0.305 e. The second-order valence-electron chi connectivity index (χ2n) is 13.6. The number of carbonyl (C=O) groups is 3. The van der Waals surface area contributed by atoms with Crippen molar-refractivity contribution in [2.45, 2.75) is 103 Å². The van der Waals surface area contributed by atoms with E-state index in [0.29, 0.717) is 24.2 Å². The van der Waals surface area contributed by atoms with Gasteiger partial charge in [-0.3, -0.25) is 14.4 Å². The number of thiol groups is 1. The highest BCUT2D eigenvalue weighted by molar-refractivity contribution is 7.80. The molecule has 2 amide bonds. The fourth-order valence-corrected chi connectivity index (χ4v) is 8.70. The molecule has 4 rings (SSSR count). The Morgan fingerprint density at radius 2 is 1.86 bits per heavy atom. The molecule has 10 heteroatoms. The van der Waals surface area contributed by atoms with Crippen LogP contribution in [-0.4, -0.2) is 63.8 Å². The summed E-state index contributed by atoms with van der Waals surface area (Å²) in [6.07, 6.45) is 15.2. The molecule has 0 radical (unpaired) electrons. The molecule has 0 spiro atoms. The number of amides is 2. The third-order valence-electron chi connectivity index (χ3n) is 11.0. The van der Waals surface area contributed by atoms with Crippen LogP contribution in [0.25, 0.3) is 0 Å². The number of allylic oxidation sites excluding steroid dienone is 2. The van der Waals surface area contributed by atoms with E-state index < -0.39 is 35.5 Å². The van der Waals surface area contributed by atoms with E-state index in [1.165, 1.54) is 5.57 Å². The largest absolute Gasteiger partial charge is 0.481 e. The van der Waals surface area contributed by atoms with Crippen LogP contribution in [-0.2, 0) is 19.2 Å². The number of aliphatic carboxylic acids is 1. The molecule has 0 heterocycles. The monoisotopic (exact) mass is 601 g/mol. The van der Waals surface area contributed by atoms with E-state index >= 15 is 0 Å². The highest BCUT2D eigenvalue weighted by Gasteiger charge is 2.63. The quantitative estimate of drug-likeness (QED) is 0.147. The molecule has 0 aromatic carbocycles. The van der Waals surface area contributed by atoms with E-state index in [1.807, 2.05) is 0 Å². The van der Waals surface area contributed by atoms with Crippen molar-refractivity contribution in [2.75, 3.05) is 12.4 Å². The number of carboxylic acids is 1. The average molecular weight is 602 g/mol. The lowest BCUT2D eigenvalue weighted by Crippen LogP contribution is -2.54. The maximum atomic E-state index is 12.7. The van der Waals surface area contributed by atoms with E-state index in [4.69, 9.17) is 16.4 Å². The molecule has 9 nitrogen and oxygen atoms in total. The summed E-state index contributed by atoms with van der Waals surface area (Å²) in [7, 11) is 0. The minimum atomic E-state index is -1.04. The van der Waals surface area contributed by atoms with Gasteiger partial charge in [0.1, 0.15) is 11.6 Å². The Balaban J connectivity index is 1.35. The lowest BCUT2D eigenvalue weighted by atomic mass is 9.46. The summed E-state index contributed by atoms with van der Waals surface area (Å²) in [5.41, 5.74) is 1.09. The van der Waals surface area contributed by atoms with Gasteiger partial charge in [-0.25, -0.2) is 0 Å². The number of aliphatic hydroxyl groups is 1. The summed E-state index contributed by atoms with van der Waals surface area (Å²) >= 11 is 4.11. The highest BCUT2D eigenvalue weighted by Crippen LogP contribution is 2.67. The van der Waals surface area contributed by atoms with Crippen molar-refractivity contribution in [3.8, 4) is 12.3 Å². The van der Waals surface area contributed by atoms with Crippen molar-refractivity contribution >= 4 is 36.1 Å². The van der Waals surface area contributed by atoms with Gasteiger partial charge in [-0.1, -0.05) is 44.3 Å². The Bertz CT molecular complexity index is 1180. The minimum absolute atomic E-state index is 0.0842. The van der Waals surface area contributed by atoms with Crippen molar-refractivity contribution < 1.29 is 29.4 Å². The number of nitrogens with zero attached hydrogens (tertiary/aromatic N) is 1. The number of carboxylic acid groups (broad SMARTS) is 1. The summed E-state index contributed by atoms with van der Waals surface area (Å²) in [4.78, 5) is 41.8. The molecule has 0 aromatic heterocycles. The molecule has 3 saturated carbocycles. The van der Waals surface area contributed by atoms with Gasteiger partial charge >= 0.3 is 5.97 Å². The number of hydrogen-bond donors (Lipinski definition) is 5. The summed E-state index contributed by atoms with van der Waals surface area (Å²) < 4.78 is 0. The van der Waals surface area contributed by atoms with E-state index in [9.17, 15) is 19.5 Å². The standard InChI is InChI=1S/C32H47N3O6S/c1-6-32(40)14-11-25-23-8-7-20-15-21(9-12-30(20,4)24(23)10-13-31(25,32)5)35-41-17-26(36)34-28(19(2)3)29(39)33-22(18-42)16-27(37)38/h1,15,19,22-25,28,40,42H,7-14,16-18H2,2-5H3,(H,33,39)(H,34,36)(H,37,38)/b35-21+/t22-,23+,24+,25+,28+,30-,31-,32+/m0/s1. The Labute approximate surface area is 255 Å². The Morgan fingerprint density at radius 3 is 2.50 bits per heavy atom. The Morgan fingerprint density at radius 1 is 1.14 bits per heavy atom. The summed E-state index contributed by atoms with van der Waals surface area (Å²) in [5.74, 6) is 2.30. The first-order valence-corrected chi connectivity index (χ1v) is 15.9. The van der Waals surface area contributed by atoms with E-state index in [0.717, 1.165) is 50.7 Å². The maximum Gasteiger partial charge on any atom is 0.305 e. The molecule has 0 aliphatic heterocycles. The molecular formula is C32H47N3O6S. The molecule has 3 fully saturated rings. The van der Waals surface area contributed by atoms with Crippen LogP contribution >= 0.6 is 12.6 Å². The van der Waals surface area contributed by atoms with Gasteiger partial charge in [0.25, 0.3) is 5.91 Å². The van der Waals surface area contributed by atoms with Crippen LogP contribution in [0.4, 0.5) is 0 Å². The molecule has 0 unspecified atom stereocenters. The molecule has 0 saturated heterocycles. The molecule has 42 heavy (non-hydrogen) atoms. The van der Waals surface area contributed by atoms with Crippen molar-refractivity contribution in [1.82, 2.24) is 10.6 Å². The second kappa shape index (κ2) is 12.6. The number of fused-ring (bicyclic) bond motifs is 5. The van der Waals surface area contributed by atoms with E-state index in [2.05, 4.69) is 54.3 Å². The molecule has 4 N–H and O–H groups in total. The van der Waals surface area contributed by atoms with Crippen LogP contribution in [0.5, 0.6) is 0 Å². The number of carbonyl (C=O) groups excluding carboxylic acids is 2. The lowest BCUT2D eigenvalue weighted by Gasteiger charge is -2.58. The van der Waals surface area contributed by atoms with Crippen molar-refractivity contribution in [2.24, 2.45) is 39.7 Å². The molecule has 232 valence electrons. The van der Waals surface area contributed by atoms with Crippen LogP contribution in [0.15, 0.2) is 16.8 Å². The summed E-state index contributed by atoms with van der Waals surface area (Å²) in [6, 6.07) is -1.48. The normalized spacial score (nSPS) is 36.0. The summed E-state index contributed by atoms with van der Waals surface area (Å²) in [6.45, 7) is 7.87. The Hall–Kier alpha value is -2.51. The van der Waals surface area contributed by atoms with Crippen molar-refractivity contribution in [3.05, 3.63) is 11.6 Å². The number of rotatable bonds is 10. The topological polar surface area (TPSA) is 137 Å². The predicted octanol–water partition coefficient (Wildman–Crippen LogP) is 3.72. The second-order valence-corrected chi connectivity index (χ2v) is 14.0. The van der Waals surface area contributed by atoms with Crippen LogP contribution in [0.1, 0.15) is 85.5 Å².